The predicted octanol–water partition coefficient (Wildman–Crippen LogP) is 1.19. The highest BCUT2D eigenvalue weighted by molar-refractivity contribution is 7.99. The second-order valence-corrected chi connectivity index (χ2v) is 5.04. The van der Waals surface area contributed by atoms with Gasteiger partial charge in [0.1, 0.15) is 5.01 Å². The fraction of sp³-hybridized carbons (Fsp3) is 0.714. The number of hydrogen-bond donors (Lipinski definition) is 2. The van der Waals surface area contributed by atoms with Crippen LogP contribution in [-0.2, 0) is 5.75 Å². The molecule has 0 aliphatic carbocycles. The summed E-state index contributed by atoms with van der Waals surface area (Å²) in [5, 5.41) is 21.8. The highest BCUT2D eigenvalue weighted by Gasteiger charge is 2.05. The minimum absolute atomic E-state index is 0.211. The van der Waals surface area contributed by atoms with Crippen LogP contribution >= 0.6 is 23.1 Å². The van der Waals surface area contributed by atoms with Gasteiger partial charge in [-0.3, -0.25) is 0 Å². The smallest absolute Gasteiger partial charge is 0.205 e. The van der Waals surface area contributed by atoms with Crippen LogP contribution in [0.5, 0.6) is 0 Å². The van der Waals surface area contributed by atoms with Crippen LogP contribution in [0.25, 0.3) is 0 Å². The third-order valence-corrected chi connectivity index (χ3v) is 3.71. The lowest BCUT2D eigenvalue weighted by Crippen LogP contribution is -2.02. The van der Waals surface area contributed by atoms with Crippen LogP contribution in [-0.4, -0.2) is 34.2 Å². The van der Waals surface area contributed by atoms with Gasteiger partial charge in [-0.2, -0.15) is 0 Å². The van der Waals surface area contributed by atoms with Crippen LogP contribution in [0.1, 0.15) is 11.9 Å². The number of hydrogen-bond acceptors (Lipinski definition) is 6. The summed E-state index contributed by atoms with van der Waals surface area (Å²) in [5.74, 6) is 0.821. The zero-order valence-electron chi connectivity index (χ0n) is 7.65. The normalized spacial score (nSPS) is 12.8. The lowest BCUT2D eigenvalue weighted by atomic mass is 10.5. The number of aliphatic hydroxyl groups is 1. The topological polar surface area (TPSA) is 58.0 Å². The molecule has 0 saturated carbocycles. The van der Waals surface area contributed by atoms with Crippen molar-refractivity contribution in [2.45, 2.75) is 17.9 Å². The van der Waals surface area contributed by atoms with Crippen LogP contribution in [0.3, 0.4) is 0 Å². The zero-order chi connectivity index (χ0) is 9.68. The summed E-state index contributed by atoms with van der Waals surface area (Å²) in [7, 11) is 1.83. The Morgan fingerprint density at radius 2 is 2.38 bits per heavy atom. The summed E-state index contributed by atoms with van der Waals surface area (Å²) < 4.78 is 0. The van der Waals surface area contributed by atoms with E-state index in [1.165, 1.54) is 0 Å². The van der Waals surface area contributed by atoms with Gasteiger partial charge in [-0.05, 0) is 0 Å². The molecule has 0 aliphatic rings. The van der Waals surface area contributed by atoms with E-state index < -0.39 is 0 Å². The molecule has 74 valence electrons. The lowest BCUT2D eigenvalue weighted by molar-refractivity contribution is 0.300. The number of nitrogens with zero attached hydrogens (tertiary/aromatic N) is 2. The summed E-state index contributed by atoms with van der Waals surface area (Å²) >= 11 is 3.23. The Kier molecular flexibility index (Phi) is 4.47. The quantitative estimate of drug-likeness (QED) is 0.779. The highest BCUT2D eigenvalue weighted by atomic mass is 32.2. The first-order valence-electron chi connectivity index (χ1n) is 3.99. The largest absolute Gasteiger partial charge is 0.395 e. The molecule has 1 atom stereocenters. The van der Waals surface area contributed by atoms with E-state index in [1.54, 1.807) is 23.1 Å². The van der Waals surface area contributed by atoms with Crippen LogP contribution in [0.4, 0.5) is 5.13 Å². The number of thioether (sulfide) groups is 1. The van der Waals surface area contributed by atoms with Gasteiger partial charge in [0.05, 0.1) is 6.61 Å². The standard InChI is InChI=1S/C7H13N3OS2/c1-5(3-11)12-4-6-9-10-7(8-2)13-6/h5,11H,3-4H2,1-2H3,(H,8,10). The molecule has 1 aromatic rings. The molecule has 0 amide bonds. The maximum absolute atomic E-state index is 8.80. The van der Waals surface area contributed by atoms with Crippen molar-refractivity contribution in [3.8, 4) is 0 Å². The van der Waals surface area contributed by atoms with Gasteiger partial charge in [-0.15, -0.1) is 22.0 Å². The molecular formula is C7H13N3OS2. The number of nitrogens with one attached hydrogen (secondary N) is 1. The zero-order valence-corrected chi connectivity index (χ0v) is 9.28. The predicted molar refractivity (Wildman–Crippen MR) is 57.3 cm³/mol. The molecule has 1 heterocycles. The molecule has 1 unspecified atom stereocenters. The van der Waals surface area contributed by atoms with Crippen molar-refractivity contribution in [2.24, 2.45) is 0 Å². The average molecular weight is 219 g/mol. The van der Waals surface area contributed by atoms with E-state index in [4.69, 9.17) is 5.11 Å². The Bertz CT molecular complexity index is 254. The van der Waals surface area contributed by atoms with Gasteiger partial charge in [0.25, 0.3) is 0 Å². The molecule has 4 nitrogen and oxygen atoms in total. The molecule has 0 saturated heterocycles. The van der Waals surface area contributed by atoms with Crippen molar-refractivity contribution in [1.29, 1.82) is 0 Å². The van der Waals surface area contributed by atoms with E-state index in [0.29, 0.717) is 0 Å². The minimum atomic E-state index is 0.211. The third-order valence-electron chi connectivity index (χ3n) is 1.43. The Morgan fingerprint density at radius 1 is 1.62 bits per heavy atom. The molecule has 0 spiro atoms. The first-order valence-corrected chi connectivity index (χ1v) is 5.85. The van der Waals surface area contributed by atoms with Crippen LogP contribution in [0, 0.1) is 0 Å². The average Bonchev–Trinajstić information content (AvgIpc) is 2.61. The van der Waals surface area contributed by atoms with Crippen molar-refractivity contribution in [3.63, 3.8) is 0 Å². The molecule has 0 fully saturated rings. The summed E-state index contributed by atoms with van der Waals surface area (Å²) in [5.41, 5.74) is 0. The Labute approximate surface area is 85.8 Å². The Morgan fingerprint density at radius 3 is 2.92 bits per heavy atom. The molecular weight excluding hydrogens is 206 g/mol. The monoisotopic (exact) mass is 219 g/mol. The number of rotatable bonds is 5. The van der Waals surface area contributed by atoms with Gasteiger partial charge < -0.3 is 10.4 Å². The van der Waals surface area contributed by atoms with E-state index in [1.807, 2.05) is 14.0 Å². The molecule has 0 aliphatic heterocycles. The number of aliphatic hydroxyl groups excluding tert-OH is 1. The fourth-order valence-corrected chi connectivity index (χ4v) is 2.20. The van der Waals surface area contributed by atoms with E-state index in [2.05, 4.69) is 15.5 Å². The second kappa shape index (κ2) is 5.41. The van der Waals surface area contributed by atoms with Gasteiger partial charge in [0, 0.05) is 18.1 Å². The first kappa shape index (κ1) is 10.7. The number of aromatic nitrogens is 2. The van der Waals surface area contributed by atoms with Gasteiger partial charge in [0.2, 0.25) is 5.13 Å². The minimum Gasteiger partial charge on any atom is -0.395 e. The molecule has 2 N–H and O–H groups in total. The van der Waals surface area contributed by atoms with Gasteiger partial charge in [0.15, 0.2) is 0 Å². The van der Waals surface area contributed by atoms with E-state index in [-0.39, 0.29) is 11.9 Å². The molecule has 0 bridgehead atoms. The van der Waals surface area contributed by atoms with E-state index in [9.17, 15) is 0 Å². The van der Waals surface area contributed by atoms with Gasteiger partial charge >= 0.3 is 0 Å². The molecule has 6 heteroatoms. The van der Waals surface area contributed by atoms with Crippen molar-refractivity contribution >= 4 is 28.2 Å². The summed E-state index contributed by atoms with van der Waals surface area (Å²) in [6.07, 6.45) is 0. The van der Waals surface area contributed by atoms with Crippen molar-refractivity contribution in [2.75, 3.05) is 19.0 Å². The Hall–Kier alpha value is -0.330. The maximum atomic E-state index is 8.80. The lowest BCUT2D eigenvalue weighted by Gasteiger charge is -2.03. The van der Waals surface area contributed by atoms with Crippen molar-refractivity contribution in [3.05, 3.63) is 5.01 Å². The molecule has 1 rings (SSSR count). The second-order valence-electron chi connectivity index (χ2n) is 2.56. The van der Waals surface area contributed by atoms with E-state index >= 15 is 0 Å². The third kappa shape index (κ3) is 3.50. The van der Waals surface area contributed by atoms with Crippen molar-refractivity contribution in [1.82, 2.24) is 10.2 Å². The maximum Gasteiger partial charge on any atom is 0.205 e. The Balaban J connectivity index is 2.36. The molecule has 0 aromatic carbocycles. The van der Waals surface area contributed by atoms with Gasteiger partial charge in [-0.25, -0.2) is 0 Å². The van der Waals surface area contributed by atoms with Gasteiger partial charge in [-0.1, -0.05) is 18.3 Å². The summed E-state index contributed by atoms with van der Waals surface area (Å²) in [6, 6.07) is 0. The van der Waals surface area contributed by atoms with E-state index in [0.717, 1.165) is 15.9 Å². The SMILES string of the molecule is CNc1nnc(CSC(C)CO)s1. The number of anilines is 1. The molecule has 0 radical (unpaired) electrons. The van der Waals surface area contributed by atoms with Crippen LogP contribution in [0.2, 0.25) is 0 Å². The molecule has 13 heavy (non-hydrogen) atoms. The summed E-state index contributed by atoms with van der Waals surface area (Å²) in [6.45, 7) is 2.20. The fourth-order valence-electron chi connectivity index (χ4n) is 0.679. The van der Waals surface area contributed by atoms with Crippen molar-refractivity contribution < 1.29 is 5.11 Å². The molecule has 1 aromatic heterocycles. The first-order chi connectivity index (χ1) is 6.26. The highest BCUT2D eigenvalue weighted by Crippen LogP contribution is 2.21. The summed E-state index contributed by atoms with van der Waals surface area (Å²) in [4.78, 5) is 0. The van der Waals surface area contributed by atoms with Crippen LogP contribution < -0.4 is 5.32 Å². The van der Waals surface area contributed by atoms with Crippen LogP contribution in [0.15, 0.2) is 0 Å².